The minimum atomic E-state index is 0.601. The van der Waals surface area contributed by atoms with Crippen LogP contribution in [-0.4, -0.2) is 13.6 Å². The molecule has 0 saturated carbocycles. The number of rotatable bonds is 4. The molecule has 0 unspecified atom stereocenters. The van der Waals surface area contributed by atoms with Crippen molar-refractivity contribution < 1.29 is 0 Å². The second-order valence-electron chi connectivity index (χ2n) is 3.13. The van der Waals surface area contributed by atoms with Gasteiger partial charge in [-0.3, -0.25) is 0 Å². The first-order valence-electron chi connectivity index (χ1n) is 4.42. The van der Waals surface area contributed by atoms with E-state index in [1.165, 1.54) is 5.56 Å². The van der Waals surface area contributed by atoms with Gasteiger partial charge in [-0.05, 0) is 0 Å². The van der Waals surface area contributed by atoms with Crippen molar-refractivity contribution in [1.29, 1.82) is 5.26 Å². The van der Waals surface area contributed by atoms with E-state index in [9.17, 15) is 0 Å². The van der Waals surface area contributed by atoms with Crippen molar-refractivity contribution in [2.24, 2.45) is 0 Å². The second kappa shape index (κ2) is 5.34. The first-order valence-corrected chi connectivity index (χ1v) is 4.42. The number of nitrogens with zero attached hydrogens (tertiary/aromatic N) is 2. The fourth-order valence-electron chi connectivity index (χ4n) is 1.22. The van der Waals surface area contributed by atoms with E-state index in [4.69, 9.17) is 5.26 Å². The zero-order valence-electron chi connectivity index (χ0n) is 7.90. The first-order chi connectivity index (χ1) is 6.33. The van der Waals surface area contributed by atoms with Gasteiger partial charge in [-0.1, -0.05) is 30.3 Å². The van der Waals surface area contributed by atoms with E-state index in [0.717, 1.165) is 13.1 Å². The van der Waals surface area contributed by atoms with Crippen LogP contribution in [0.5, 0.6) is 0 Å². The van der Waals surface area contributed by atoms with Crippen molar-refractivity contribution in [3.63, 3.8) is 0 Å². The van der Waals surface area contributed by atoms with Crippen LogP contribution >= 0.6 is 0 Å². The predicted octanol–water partition coefficient (Wildman–Crippen LogP) is 1.87. The van der Waals surface area contributed by atoms with Gasteiger partial charge in [0.25, 0.3) is 0 Å². The molecule has 1 rings (SSSR count). The number of hydrogen-bond donors (Lipinski definition) is 0. The lowest BCUT2D eigenvalue weighted by Crippen LogP contribution is -2.25. The molecule has 2 nitrogen and oxygen atoms in total. The van der Waals surface area contributed by atoms with Gasteiger partial charge in [-0.2, -0.15) is 10.2 Å². The Balaban J connectivity index is 2.37. The average molecular weight is 174 g/mol. The molecule has 0 aliphatic rings. The third kappa shape index (κ3) is 3.73. The molecule has 13 heavy (non-hydrogen) atoms. The van der Waals surface area contributed by atoms with Gasteiger partial charge in [0.2, 0.25) is 0 Å². The topological polar surface area (TPSA) is 29.7 Å². The number of benzene rings is 1. The second-order valence-corrected chi connectivity index (χ2v) is 3.13. The first kappa shape index (κ1) is 9.76. The molecule has 1 aromatic rings. The number of nitriles is 1. The zero-order valence-corrected chi connectivity index (χ0v) is 7.90. The van der Waals surface area contributed by atoms with E-state index < -0.39 is 0 Å². The van der Waals surface area contributed by atoms with Gasteiger partial charge < -0.3 is 0 Å². The van der Waals surface area contributed by atoms with Crippen LogP contribution in [0.2, 0.25) is 0 Å². The Kier molecular flexibility index (Phi) is 4.01. The average Bonchev–Trinajstić information content (AvgIpc) is 2.16. The molecule has 0 saturated heterocycles. The third-order valence-electron chi connectivity index (χ3n) is 1.90. The minimum absolute atomic E-state index is 0.601. The zero-order chi connectivity index (χ0) is 9.52. The smallest absolute Gasteiger partial charge is 0.147 e. The highest BCUT2D eigenvalue weighted by Gasteiger charge is 2.07. The fourth-order valence-corrected chi connectivity index (χ4v) is 1.22. The molecule has 0 aromatic heterocycles. The van der Waals surface area contributed by atoms with Gasteiger partial charge in [-0.15, -0.1) is 0 Å². The van der Waals surface area contributed by atoms with Crippen LogP contribution in [0.15, 0.2) is 30.3 Å². The molecular weight excluding hydrogens is 160 g/mol. The van der Waals surface area contributed by atoms with Gasteiger partial charge in [0.1, 0.15) is 20.1 Å². The van der Waals surface area contributed by atoms with E-state index in [1.807, 2.05) is 25.2 Å². The molecule has 0 spiro atoms. The van der Waals surface area contributed by atoms with E-state index >= 15 is 0 Å². The Labute approximate surface area is 79.4 Å². The Morgan fingerprint density at radius 2 is 2.00 bits per heavy atom. The molecule has 1 radical (unpaired) electrons. The highest BCUT2D eigenvalue weighted by Crippen LogP contribution is 2.00. The largest absolute Gasteiger partial charge is 0.198 e. The summed E-state index contributed by atoms with van der Waals surface area (Å²) in [5.41, 5.74) is 1.29. The van der Waals surface area contributed by atoms with Gasteiger partial charge in [0.15, 0.2) is 0 Å². The van der Waals surface area contributed by atoms with Crippen LogP contribution in [0.3, 0.4) is 0 Å². The molecule has 0 N–H and O–H groups in total. The summed E-state index contributed by atoms with van der Waals surface area (Å²) in [6.07, 6.45) is 0.601. The maximum Gasteiger partial charge on any atom is 0.147 e. The number of hydrogen-bond acceptors (Lipinski definition) is 2. The molecule has 0 fully saturated rings. The Morgan fingerprint density at radius 1 is 1.31 bits per heavy atom. The summed E-state index contributed by atoms with van der Waals surface area (Å²) in [5, 5.41) is 8.40. The Bertz CT molecular complexity index is 274. The van der Waals surface area contributed by atoms with Crippen LogP contribution in [0.4, 0.5) is 0 Å². The molecule has 0 bridgehead atoms. The van der Waals surface area contributed by atoms with Crippen LogP contribution in [0.1, 0.15) is 12.0 Å². The quantitative estimate of drug-likeness (QED) is 0.641. The summed E-state index contributed by atoms with van der Waals surface area (Å²) in [6, 6.07) is 12.4. The van der Waals surface area contributed by atoms with Gasteiger partial charge in [0.05, 0.1) is 12.5 Å². The van der Waals surface area contributed by atoms with Crippen molar-refractivity contribution in [3.8, 4) is 6.07 Å². The van der Waals surface area contributed by atoms with Crippen molar-refractivity contribution in [1.82, 2.24) is 4.90 Å². The van der Waals surface area contributed by atoms with Crippen LogP contribution in [-0.2, 0) is 6.54 Å². The predicted molar refractivity (Wildman–Crippen MR) is 53.3 cm³/mol. The molecule has 0 atom stereocenters. The fraction of sp³-hybridized carbons (Fsp3) is 0.364. The van der Waals surface area contributed by atoms with Crippen LogP contribution in [0, 0.1) is 11.3 Å². The highest BCUT2D eigenvalue weighted by atomic mass is 15.1. The summed E-state index contributed by atoms with van der Waals surface area (Å²) < 4.78 is 0. The molecule has 2 heteroatoms. The molecule has 0 aliphatic carbocycles. The molecule has 0 heterocycles. The molecule has 67 valence electrons. The maximum atomic E-state index is 8.40. The van der Waals surface area contributed by atoms with Crippen molar-refractivity contribution >= 4 is 0 Å². The molecule has 0 aliphatic heterocycles. The standard InChI is InChI=1S/C11H14N2/c1-13(9-5-8-12)10-11-6-3-2-4-7-11/h2-4,6-7H,5,9-10H2,1H3/q+1. The summed E-state index contributed by atoms with van der Waals surface area (Å²) in [6.45, 7) is 1.76. The summed E-state index contributed by atoms with van der Waals surface area (Å²) in [7, 11) is 2.03. The van der Waals surface area contributed by atoms with Gasteiger partial charge >= 0.3 is 0 Å². The monoisotopic (exact) mass is 174 g/mol. The SMILES string of the molecule is C[N+](CCC#N)Cc1ccccc1. The normalized spacial score (nSPS) is 9.92. The lowest BCUT2D eigenvalue weighted by atomic mass is 10.2. The molecule has 0 amide bonds. The summed E-state index contributed by atoms with van der Waals surface area (Å²) in [5.74, 6) is 0. The molecular formula is C11H14N2+. The van der Waals surface area contributed by atoms with E-state index in [-0.39, 0.29) is 0 Å². The highest BCUT2D eigenvalue weighted by molar-refractivity contribution is 5.14. The van der Waals surface area contributed by atoms with Gasteiger partial charge in [-0.25, -0.2) is 0 Å². The summed E-state index contributed by atoms with van der Waals surface area (Å²) in [4.78, 5) is 2.15. The lowest BCUT2D eigenvalue weighted by Gasteiger charge is -2.04. The van der Waals surface area contributed by atoms with E-state index in [2.05, 4.69) is 23.1 Å². The lowest BCUT2D eigenvalue weighted by molar-refractivity contribution is 0.481. The van der Waals surface area contributed by atoms with Crippen LogP contribution < -0.4 is 4.90 Å². The van der Waals surface area contributed by atoms with Gasteiger partial charge in [0, 0.05) is 5.56 Å². The Hall–Kier alpha value is -1.33. The summed E-state index contributed by atoms with van der Waals surface area (Å²) >= 11 is 0. The van der Waals surface area contributed by atoms with E-state index in [1.54, 1.807) is 0 Å². The van der Waals surface area contributed by atoms with E-state index in [0.29, 0.717) is 6.42 Å². The Morgan fingerprint density at radius 3 is 2.62 bits per heavy atom. The maximum absolute atomic E-state index is 8.40. The molecule has 1 aromatic carbocycles. The minimum Gasteiger partial charge on any atom is -0.198 e. The van der Waals surface area contributed by atoms with Crippen molar-refractivity contribution in [3.05, 3.63) is 35.9 Å². The van der Waals surface area contributed by atoms with Crippen molar-refractivity contribution in [2.75, 3.05) is 13.6 Å². The van der Waals surface area contributed by atoms with Crippen molar-refractivity contribution in [2.45, 2.75) is 13.0 Å². The third-order valence-corrected chi connectivity index (χ3v) is 1.90. The van der Waals surface area contributed by atoms with Crippen LogP contribution in [0.25, 0.3) is 0 Å².